The minimum Gasteiger partial charge on any atom is -0.467 e. The van der Waals surface area contributed by atoms with E-state index in [9.17, 15) is 5.11 Å². The Hall–Kier alpha value is -2.00. The Balaban J connectivity index is 1.76. The van der Waals surface area contributed by atoms with Gasteiger partial charge in [-0.25, -0.2) is 0 Å². The van der Waals surface area contributed by atoms with E-state index in [1.807, 2.05) is 6.07 Å². The van der Waals surface area contributed by atoms with Crippen LogP contribution in [-0.2, 0) is 11.3 Å². The van der Waals surface area contributed by atoms with Gasteiger partial charge in [0.15, 0.2) is 0 Å². The Morgan fingerprint density at radius 1 is 1.43 bits per heavy atom. The van der Waals surface area contributed by atoms with Crippen molar-refractivity contribution in [1.82, 2.24) is 0 Å². The van der Waals surface area contributed by atoms with Gasteiger partial charge in [0.25, 0.3) is 0 Å². The van der Waals surface area contributed by atoms with Crippen LogP contribution < -0.4 is 5.32 Å². The molecule has 0 aliphatic carbocycles. The number of furan rings is 1. The summed E-state index contributed by atoms with van der Waals surface area (Å²) in [6.07, 6.45) is 0.877. The van der Waals surface area contributed by atoms with Crippen molar-refractivity contribution in [3.05, 3.63) is 52.9 Å². The summed E-state index contributed by atoms with van der Waals surface area (Å²) in [6.45, 7) is 0.755. The molecule has 0 aliphatic heterocycles. The zero-order valence-electron chi connectivity index (χ0n) is 11.3. The molecule has 0 saturated heterocycles. The molecule has 0 spiro atoms. The molecule has 5 nitrogen and oxygen atoms in total. The van der Waals surface area contributed by atoms with Gasteiger partial charge in [-0.3, -0.25) is 0 Å². The van der Waals surface area contributed by atoms with Gasteiger partial charge >= 0.3 is 0 Å². The number of ether oxygens (including phenoxy) is 1. The fourth-order valence-corrected chi connectivity index (χ4v) is 1.89. The molecule has 2 aromatic rings. The van der Waals surface area contributed by atoms with Crippen LogP contribution in [0.3, 0.4) is 0 Å². The number of nitriles is 1. The number of hydrogen-bond acceptors (Lipinski definition) is 5. The molecule has 0 radical (unpaired) electrons. The lowest BCUT2D eigenvalue weighted by Crippen LogP contribution is -2.24. The lowest BCUT2D eigenvalue weighted by atomic mass is 10.2. The summed E-state index contributed by atoms with van der Waals surface area (Å²) in [6, 6.07) is 10.5. The smallest absolute Gasteiger partial charge is 0.129 e. The van der Waals surface area contributed by atoms with Crippen LogP contribution in [0.5, 0.6) is 0 Å². The van der Waals surface area contributed by atoms with Gasteiger partial charge in [-0.05, 0) is 30.3 Å². The predicted octanol–water partition coefficient (Wildman–Crippen LogP) is 2.79. The van der Waals surface area contributed by atoms with E-state index in [0.717, 1.165) is 0 Å². The molecular formula is C15H15ClN2O3. The van der Waals surface area contributed by atoms with Gasteiger partial charge in [0.1, 0.15) is 12.4 Å². The zero-order valence-corrected chi connectivity index (χ0v) is 12.0. The molecule has 0 bridgehead atoms. The Morgan fingerprint density at radius 2 is 2.29 bits per heavy atom. The summed E-state index contributed by atoms with van der Waals surface area (Å²) >= 11 is 6.01. The van der Waals surface area contributed by atoms with Crippen LogP contribution >= 0.6 is 11.6 Å². The van der Waals surface area contributed by atoms with Gasteiger partial charge in [0.2, 0.25) is 0 Å². The summed E-state index contributed by atoms with van der Waals surface area (Å²) in [5, 5.41) is 22.2. The quantitative estimate of drug-likeness (QED) is 0.822. The maximum absolute atomic E-state index is 9.83. The number of aliphatic hydroxyl groups is 1. The van der Waals surface area contributed by atoms with Crippen molar-refractivity contribution in [2.75, 3.05) is 18.5 Å². The fourth-order valence-electron chi connectivity index (χ4n) is 1.71. The van der Waals surface area contributed by atoms with Crippen LogP contribution in [0.2, 0.25) is 5.02 Å². The molecule has 0 amide bonds. The maximum atomic E-state index is 9.83. The van der Waals surface area contributed by atoms with Gasteiger partial charge in [-0.15, -0.1) is 0 Å². The van der Waals surface area contributed by atoms with Crippen molar-refractivity contribution in [2.24, 2.45) is 0 Å². The standard InChI is InChI=1S/C15H15ClN2O3/c16-14-4-3-11(7-17)6-15(14)18-8-12(19)9-20-10-13-2-1-5-21-13/h1-6,12,18-19H,8-10H2. The van der Waals surface area contributed by atoms with E-state index >= 15 is 0 Å². The highest BCUT2D eigenvalue weighted by molar-refractivity contribution is 6.33. The maximum Gasteiger partial charge on any atom is 0.129 e. The molecule has 1 unspecified atom stereocenters. The van der Waals surface area contributed by atoms with E-state index in [4.69, 9.17) is 26.0 Å². The summed E-state index contributed by atoms with van der Waals surface area (Å²) in [7, 11) is 0. The van der Waals surface area contributed by atoms with Crippen LogP contribution in [0.1, 0.15) is 11.3 Å². The normalized spacial score (nSPS) is 11.9. The van der Waals surface area contributed by atoms with Crippen molar-refractivity contribution < 1.29 is 14.3 Å². The third-order valence-electron chi connectivity index (χ3n) is 2.76. The van der Waals surface area contributed by atoms with E-state index in [0.29, 0.717) is 28.6 Å². The number of aliphatic hydroxyl groups excluding tert-OH is 1. The Labute approximate surface area is 127 Å². The van der Waals surface area contributed by atoms with Gasteiger partial charge in [0.05, 0.1) is 41.3 Å². The predicted molar refractivity (Wildman–Crippen MR) is 79.0 cm³/mol. The van der Waals surface area contributed by atoms with Crippen molar-refractivity contribution in [3.63, 3.8) is 0 Å². The third-order valence-corrected chi connectivity index (χ3v) is 3.09. The number of hydrogen-bond donors (Lipinski definition) is 2. The molecule has 1 aromatic carbocycles. The molecule has 0 saturated carbocycles. The topological polar surface area (TPSA) is 78.4 Å². The monoisotopic (exact) mass is 306 g/mol. The van der Waals surface area contributed by atoms with Crippen LogP contribution in [0.25, 0.3) is 0 Å². The second-order valence-electron chi connectivity index (χ2n) is 4.44. The lowest BCUT2D eigenvalue weighted by Gasteiger charge is -2.14. The molecule has 2 rings (SSSR count). The van der Waals surface area contributed by atoms with E-state index in [1.165, 1.54) is 0 Å². The number of nitrogens with one attached hydrogen (secondary N) is 1. The SMILES string of the molecule is N#Cc1ccc(Cl)c(NCC(O)COCc2ccco2)c1. The molecule has 6 heteroatoms. The molecule has 1 atom stereocenters. The number of rotatable bonds is 7. The van der Waals surface area contributed by atoms with E-state index < -0.39 is 6.10 Å². The first kappa shape index (κ1) is 15.4. The average molecular weight is 307 g/mol. The molecule has 110 valence electrons. The van der Waals surface area contributed by atoms with E-state index in [-0.39, 0.29) is 13.2 Å². The number of halogens is 1. The van der Waals surface area contributed by atoms with Crippen LogP contribution in [0.15, 0.2) is 41.0 Å². The molecular weight excluding hydrogens is 292 g/mol. The highest BCUT2D eigenvalue weighted by atomic mass is 35.5. The lowest BCUT2D eigenvalue weighted by molar-refractivity contribution is 0.0282. The number of nitrogens with zero attached hydrogens (tertiary/aromatic N) is 1. The highest BCUT2D eigenvalue weighted by Crippen LogP contribution is 2.22. The second-order valence-corrected chi connectivity index (χ2v) is 4.84. The van der Waals surface area contributed by atoms with E-state index in [1.54, 1.807) is 36.6 Å². The number of anilines is 1. The van der Waals surface area contributed by atoms with Gasteiger partial charge in [-0.1, -0.05) is 11.6 Å². The van der Waals surface area contributed by atoms with Gasteiger partial charge < -0.3 is 19.6 Å². The largest absolute Gasteiger partial charge is 0.467 e. The van der Waals surface area contributed by atoms with E-state index in [2.05, 4.69) is 5.32 Å². The van der Waals surface area contributed by atoms with Crippen molar-refractivity contribution in [2.45, 2.75) is 12.7 Å². The molecule has 1 heterocycles. The summed E-state index contributed by atoms with van der Waals surface area (Å²) in [4.78, 5) is 0. The van der Waals surface area contributed by atoms with Gasteiger partial charge in [0, 0.05) is 6.54 Å². The third kappa shape index (κ3) is 4.80. The second kappa shape index (κ2) is 7.70. The summed E-state index contributed by atoms with van der Waals surface area (Å²) in [5.41, 5.74) is 1.12. The minimum absolute atomic E-state index is 0.170. The fraction of sp³-hybridized carbons (Fsp3) is 0.267. The first-order chi connectivity index (χ1) is 10.2. The molecule has 0 fully saturated rings. The van der Waals surface area contributed by atoms with Crippen molar-refractivity contribution >= 4 is 17.3 Å². The summed E-state index contributed by atoms with van der Waals surface area (Å²) < 4.78 is 10.4. The van der Waals surface area contributed by atoms with Crippen molar-refractivity contribution in [3.8, 4) is 6.07 Å². The molecule has 0 aliphatic rings. The van der Waals surface area contributed by atoms with Gasteiger partial charge in [-0.2, -0.15) is 5.26 Å². The van der Waals surface area contributed by atoms with Crippen LogP contribution in [-0.4, -0.2) is 24.4 Å². The Morgan fingerprint density at radius 3 is 3.00 bits per heavy atom. The van der Waals surface area contributed by atoms with Crippen LogP contribution in [0, 0.1) is 11.3 Å². The zero-order chi connectivity index (χ0) is 15.1. The molecule has 1 aromatic heterocycles. The molecule has 21 heavy (non-hydrogen) atoms. The summed E-state index contributed by atoms with van der Waals surface area (Å²) in [5.74, 6) is 0.708. The van der Waals surface area contributed by atoms with Crippen molar-refractivity contribution in [1.29, 1.82) is 5.26 Å². The average Bonchev–Trinajstić information content (AvgIpc) is 3.00. The highest BCUT2D eigenvalue weighted by Gasteiger charge is 2.07. The first-order valence-electron chi connectivity index (χ1n) is 6.40. The Kier molecular flexibility index (Phi) is 5.64. The Bertz CT molecular complexity index is 608. The van der Waals surface area contributed by atoms with Crippen LogP contribution in [0.4, 0.5) is 5.69 Å². The first-order valence-corrected chi connectivity index (χ1v) is 6.78. The number of benzene rings is 1. The molecule has 2 N–H and O–H groups in total. The minimum atomic E-state index is -0.693.